The number of aryl methyl sites for hydroxylation is 1. The fourth-order valence-corrected chi connectivity index (χ4v) is 2.57. The fraction of sp³-hybridized carbons (Fsp3) is 0.632. The Morgan fingerprint density at radius 3 is 2.33 bits per heavy atom. The molecule has 8 heteroatoms. The molecule has 0 spiro atoms. The monoisotopic (exact) mass is 382 g/mol. The number of nitrogens with one attached hydrogen (secondary N) is 3. The molecule has 0 aliphatic carbocycles. The zero-order valence-corrected chi connectivity index (χ0v) is 16.4. The van der Waals surface area contributed by atoms with Gasteiger partial charge in [0.1, 0.15) is 5.75 Å². The van der Waals surface area contributed by atoms with Crippen molar-refractivity contribution >= 4 is 6.09 Å². The maximum atomic E-state index is 10.1. The molecule has 8 nitrogen and oxygen atoms in total. The first-order valence-corrected chi connectivity index (χ1v) is 9.40. The van der Waals surface area contributed by atoms with Gasteiger partial charge in [0, 0.05) is 45.8 Å². The largest absolute Gasteiger partial charge is 0.497 e. The number of amides is 1. The first kappa shape index (κ1) is 23.2. The Morgan fingerprint density at radius 2 is 1.89 bits per heavy atom. The second kappa shape index (κ2) is 14.2. The highest BCUT2D eigenvalue weighted by Crippen LogP contribution is 2.09. The zero-order chi connectivity index (χ0) is 19.9. The number of carboxylic acid groups (broad SMARTS) is 1. The number of β-amino-alcohol motifs (C(OH)–C–C–N with tert-alkyl or cyclic N) is 1. The van der Waals surface area contributed by atoms with Crippen molar-refractivity contribution in [3.05, 3.63) is 29.8 Å². The summed E-state index contributed by atoms with van der Waals surface area (Å²) in [7, 11) is 1.67. The van der Waals surface area contributed by atoms with Gasteiger partial charge < -0.3 is 30.9 Å². The smallest absolute Gasteiger partial charge is 0.404 e. The van der Waals surface area contributed by atoms with Gasteiger partial charge in [-0.3, -0.25) is 4.90 Å². The van der Waals surface area contributed by atoms with E-state index in [9.17, 15) is 4.79 Å². The minimum atomic E-state index is -0.940. The van der Waals surface area contributed by atoms with E-state index in [4.69, 9.17) is 14.9 Å². The van der Waals surface area contributed by atoms with Crippen LogP contribution in [0.5, 0.6) is 5.75 Å². The Balaban J connectivity index is 0.000000214. The molecule has 0 radical (unpaired) electrons. The van der Waals surface area contributed by atoms with Crippen LogP contribution in [0.2, 0.25) is 0 Å². The summed E-state index contributed by atoms with van der Waals surface area (Å²) in [5.41, 5.74) is 1.26. The highest BCUT2D eigenvalue weighted by molar-refractivity contribution is 5.64. The topological polar surface area (TPSA) is 106 Å². The van der Waals surface area contributed by atoms with E-state index in [0.717, 1.165) is 58.0 Å². The molecule has 2 saturated heterocycles. The molecule has 1 aromatic carbocycles. The molecule has 1 unspecified atom stereocenters. The molecular weight excluding hydrogens is 348 g/mol. The number of rotatable bonds is 4. The van der Waals surface area contributed by atoms with Crippen LogP contribution in [0.4, 0.5) is 4.79 Å². The lowest BCUT2D eigenvalue weighted by Crippen LogP contribution is -2.46. The maximum absolute atomic E-state index is 10.1. The molecule has 2 aliphatic heterocycles. The quantitative estimate of drug-likeness (QED) is 0.516. The van der Waals surface area contributed by atoms with Crippen LogP contribution in [0.25, 0.3) is 0 Å². The van der Waals surface area contributed by atoms with Crippen molar-refractivity contribution in [1.29, 1.82) is 0 Å². The number of nitrogens with zero attached hydrogens (tertiary/aromatic N) is 1. The molecule has 5 N–H and O–H groups in total. The van der Waals surface area contributed by atoms with Gasteiger partial charge in [-0.1, -0.05) is 17.7 Å². The number of carbonyl (C=O) groups is 1. The molecule has 3 rings (SSSR count). The van der Waals surface area contributed by atoms with E-state index in [1.165, 1.54) is 5.56 Å². The summed E-state index contributed by atoms with van der Waals surface area (Å²) in [6, 6.07) is 7.96. The molecule has 0 saturated carbocycles. The third-order valence-electron chi connectivity index (χ3n) is 4.20. The van der Waals surface area contributed by atoms with Gasteiger partial charge in [0.15, 0.2) is 0 Å². The number of methoxy groups -OCH3 is 1. The van der Waals surface area contributed by atoms with Crippen molar-refractivity contribution in [1.82, 2.24) is 20.9 Å². The van der Waals surface area contributed by atoms with Crippen molar-refractivity contribution in [2.45, 2.75) is 19.4 Å². The number of piperazine rings is 1. The normalized spacial score (nSPS) is 19.1. The van der Waals surface area contributed by atoms with Crippen LogP contribution in [-0.4, -0.2) is 86.8 Å². The lowest BCUT2D eigenvalue weighted by Gasteiger charge is -2.26. The van der Waals surface area contributed by atoms with Gasteiger partial charge in [-0.15, -0.1) is 0 Å². The molecule has 2 heterocycles. The first-order chi connectivity index (χ1) is 13.0. The van der Waals surface area contributed by atoms with Gasteiger partial charge in [0.05, 0.1) is 13.2 Å². The van der Waals surface area contributed by atoms with E-state index in [-0.39, 0.29) is 6.10 Å². The predicted octanol–water partition coefficient (Wildman–Crippen LogP) is 0.503. The molecule has 154 valence electrons. The Morgan fingerprint density at radius 1 is 1.22 bits per heavy atom. The molecule has 1 amide bonds. The Labute approximate surface area is 161 Å². The number of aliphatic hydroxyl groups excluding tert-OH is 1. The third-order valence-corrected chi connectivity index (χ3v) is 4.20. The SMILES string of the molecule is COc1ccc(C)cc1.O=C(O)NCCN1CCNCC1.OC1CCNC1. The minimum absolute atomic E-state index is 0.0648. The van der Waals surface area contributed by atoms with Gasteiger partial charge in [-0.25, -0.2) is 4.79 Å². The van der Waals surface area contributed by atoms with Crippen molar-refractivity contribution < 1.29 is 19.7 Å². The van der Waals surface area contributed by atoms with Crippen molar-refractivity contribution in [2.24, 2.45) is 0 Å². The van der Waals surface area contributed by atoms with Crippen molar-refractivity contribution in [3.8, 4) is 5.75 Å². The average Bonchev–Trinajstić information content (AvgIpc) is 3.15. The number of benzene rings is 1. The average molecular weight is 383 g/mol. The molecule has 2 fully saturated rings. The van der Waals surface area contributed by atoms with Crippen LogP contribution in [0.1, 0.15) is 12.0 Å². The Kier molecular flexibility index (Phi) is 12.2. The van der Waals surface area contributed by atoms with Crippen molar-refractivity contribution in [2.75, 3.05) is 59.5 Å². The lowest BCUT2D eigenvalue weighted by molar-refractivity contribution is 0.189. The summed E-state index contributed by atoms with van der Waals surface area (Å²) in [5, 5.41) is 25.6. The van der Waals surface area contributed by atoms with E-state index in [1.807, 2.05) is 24.3 Å². The van der Waals surface area contributed by atoms with Crippen LogP contribution < -0.4 is 20.7 Å². The molecule has 2 aliphatic rings. The van der Waals surface area contributed by atoms with E-state index in [1.54, 1.807) is 7.11 Å². The minimum Gasteiger partial charge on any atom is -0.497 e. The van der Waals surface area contributed by atoms with E-state index in [0.29, 0.717) is 6.54 Å². The van der Waals surface area contributed by atoms with Gasteiger partial charge in [0.2, 0.25) is 0 Å². The molecular formula is C19H34N4O4. The van der Waals surface area contributed by atoms with Crippen LogP contribution >= 0.6 is 0 Å². The van der Waals surface area contributed by atoms with Crippen LogP contribution in [0.3, 0.4) is 0 Å². The number of ether oxygens (including phenoxy) is 1. The number of hydrogen-bond donors (Lipinski definition) is 5. The van der Waals surface area contributed by atoms with E-state index in [2.05, 4.69) is 27.8 Å². The zero-order valence-electron chi connectivity index (χ0n) is 16.4. The standard InChI is InChI=1S/C8H10O.C7H15N3O2.C4H9NO/c1-7-3-5-8(9-2)6-4-7;11-7(12)9-3-6-10-4-1-8-2-5-10;6-4-1-2-5-3-4/h3-6H,1-2H3;8-9H,1-6H2,(H,11,12);4-6H,1-3H2. The number of aliphatic hydroxyl groups is 1. The summed E-state index contributed by atoms with van der Waals surface area (Å²) in [6.07, 6.45) is -0.0739. The molecule has 1 atom stereocenters. The summed E-state index contributed by atoms with van der Waals surface area (Å²) < 4.78 is 4.97. The molecule has 27 heavy (non-hydrogen) atoms. The predicted molar refractivity (Wildman–Crippen MR) is 107 cm³/mol. The van der Waals surface area contributed by atoms with Gasteiger partial charge in [0.25, 0.3) is 0 Å². The second-order valence-corrected chi connectivity index (χ2v) is 6.49. The van der Waals surface area contributed by atoms with Crippen LogP contribution in [-0.2, 0) is 0 Å². The Bertz CT molecular complexity index is 501. The number of hydrogen-bond acceptors (Lipinski definition) is 6. The highest BCUT2D eigenvalue weighted by Gasteiger charge is 2.08. The second-order valence-electron chi connectivity index (χ2n) is 6.49. The maximum Gasteiger partial charge on any atom is 0.404 e. The van der Waals surface area contributed by atoms with Gasteiger partial charge in [-0.2, -0.15) is 0 Å². The van der Waals surface area contributed by atoms with E-state index < -0.39 is 6.09 Å². The Hall–Kier alpha value is -1.87. The lowest BCUT2D eigenvalue weighted by atomic mass is 10.2. The van der Waals surface area contributed by atoms with Crippen molar-refractivity contribution in [3.63, 3.8) is 0 Å². The van der Waals surface area contributed by atoms with E-state index >= 15 is 0 Å². The summed E-state index contributed by atoms with van der Waals surface area (Å²) in [6.45, 7) is 9.21. The molecule has 0 aromatic heterocycles. The molecule has 0 bridgehead atoms. The van der Waals surface area contributed by atoms with Crippen LogP contribution in [0.15, 0.2) is 24.3 Å². The fourth-order valence-electron chi connectivity index (χ4n) is 2.57. The summed E-state index contributed by atoms with van der Waals surface area (Å²) >= 11 is 0. The third kappa shape index (κ3) is 12.2. The van der Waals surface area contributed by atoms with Gasteiger partial charge in [-0.05, 0) is 32.0 Å². The summed E-state index contributed by atoms with van der Waals surface area (Å²) in [4.78, 5) is 12.3. The summed E-state index contributed by atoms with van der Waals surface area (Å²) in [5.74, 6) is 0.917. The highest BCUT2D eigenvalue weighted by atomic mass is 16.5. The van der Waals surface area contributed by atoms with Crippen LogP contribution in [0, 0.1) is 6.92 Å². The molecule has 1 aromatic rings. The first-order valence-electron chi connectivity index (χ1n) is 9.40. The van der Waals surface area contributed by atoms with Gasteiger partial charge >= 0.3 is 6.09 Å².